The number of benzene rings is 2. The van der Waals surface area contributed by atoms with Gasteiger partial charge in [0.2, 0.25) is 22.7 Å². The molecule has 2 aromatic carbocycles. The normalized spacial score (nSPS) is 12.9. The Morgan fingerprint density at radius 1 is 1.21 bits per heavy atom. The zero-order valence-corrected chi connectivity index (χ0v) is 16.1. The SMILES string of the molecule is CCN(CC(=O)Nc1ccc2c(c1)OCO2)S(=O)(=O)c1cc(F)ccc1OC. The molecular weight excluding hydrogens is 391 g/mol. The number of carbonyl (C=O) groups excluding carboxylic acids is 1. The molecule has 0 saturated heterocycles. The molecule has 0 aliphatic carbocycles. The molecule has 0 atom stereocenters. The molecule has 1 amide bonds. The molecule has 0 radical (unpaired) electrons. The molecule has 150 valence electrons. The summed E-state index contributed by atoms with van der Waals surface area (Å²) in [5.74, 6) is -0.229. The molecule has 0 bridgehead atoms. The molecule has 10 heteroatoms. The number of rotatable bonds is 7. The van der Waals surface area contributed by atoms with E-state index in [9.17, 15) is 17.6 Å². The van der Waals surface area contributed by atoms with E-state index in [-0.39, 0.29) is 24.0 Å². The fraction of sp³-hybridized carbons (Fsp3) is 0.278. The van der Waals surface area contributed by atoms with Crippen molar-refractivity contribution < 1.29 is 31.8 Å². The number of nitrogens with one attached hydrogen (secondary N) is 1. The predicted octanol–water partition coefficient (Wildman–Crippen LogP) is 2.21. The van der Waals surface area contributed by atoms with E-state index < -0.39 is 28.3 Å². The van der Waals surface area contributed by atoms with Crippen LogP contribution in [0.5, 0.6) is 17.2 Å². The van der Waals surface area contributed by atoms with E-state index in [1.807, 2.05) is 0 Å². The molecule has 1 heterocycles. The lowest BCUT2D eigenvalue weighted by Crippen LogP contribution is -2.38. The summed E-state index contributed by atoms with van der Waals surface area (Å²) < 4.78 is 55.8. The summed E-state index contributed by atoms with van der Waals surface area (Å²) in [6, 6.07) is 8.03. The minimum absolute atomic E-state index is 0.00368. The van der Waals surface area contributed by atoms with Crippen LogP contribution in [0.25, 0.3) is 0 Å². The van der Waals surface area contributed by atoms with Crippen molar-refractivity contribution in [3.63, 3.8) is 0 Å². The molecule has 0 fully saturated rings. The van der Waals surface area contributed by atoms with E-state index in [1.54, 1.807) is 25.1 Å². The maximum absolute atomic E-state index is 13.6. The van der Waals surface area contributed by atoms with Crippen molar-refractivity contribution >= 4 is 21.6 Å². The number of ether oxygens (including phenoxy) is 3. The maximum atomic E-state index is 13.6. The summed E-state index contributed by atoms with van der Waals surface area (Å²) in [6.45, 7) is 1.24. The van der Waals surface area contributed by atoms with E-state index in [0.29, 0.717) is 17.2 Å². The number of nitrogens with zero attached hydrogens (tertiary/aromatic N) is 1. The summed E-state index contributed by atoms with van der Waals surface area (Å²) in [4.78, 5) is 12.0. The highest BCUT2D eigenvalue weighted by molar-refractivity contribution is 7.89. The Morgan fingerprint density at radius 2 is 1.96 bits per heavy atom. The van der Waals surface area contributed by atoms with Crippen LogP contribution in [0.1, 0.15) is 6.92 Å². The summed E-state index contributed by atoms with van der Waals surface area (Å²) in [7, 11) is -2.86. The van der Waals surface area contributed by atoms with Crippen molar-refractivity contribution in [2.24, 2.45) is 0 Å². The highest BCUT2D eigenvalue weighted by Crippen LogP contribution is 2.34. The van der Waals surface area contributed by atoms with Gasteiger partial charge in [0.1, 0.15) is 16.5 Å². The Balaban J connectivity index is 1.77. The Labute approximate surface area is 161 Å². The smallest absolute Gasteiger partial charge is 0.247 e. The molecule has 0 spiro atoms. The molecule has 0 aromatic heterocycles. The highest BCUT2D eigenvalue weighted by atomic mass is 32.2. The topological polar surface area (TPSA) is 94.2 Å². The second-order valence-corrected chi connectivity index (χ2v) is 7.75. The number of amides is 1. The minimum Gasteiger partial charge on any atom is -0.495 e. The van der Waals surface area contributed by atoms with Gasteiger partial charge in [-0.1, -0.05) is 6.92 Å². The van der Waals surface area contributed by atoms with Crippen LogP contribution < -0.4 is 19.5 Å². The average Bonchev–Trinajstić information content (AvgIpc) is 3.13. The van der Waals surface area contributed by atoms with Crippen molar-refractivity contribution in [2.75, 3.05) is 32.3 Å². The average molecular weight is 410 g/mol. The zero-order valence-electron chi connectivity index (χ0n) is 15.3. The molecule has 1 N–H and O–H groups in total. The van der Waals surface area contributed by atoms with E-state index in [0.717, 1.165) is 16.4 Å². The minimum atomic E-state index is -4.15. The van der Waals surface area contributed by atoms with E-state index in [4.69, 9.17) is 14.2 Å². The fourth-order valence-electron chi connectivity index (χ4n) is 2.69. The molecule has 1 aliphatic heterocycles. The third-order valence-electron chi connectivity index (χ3n) is 4.07. The third kappa shape index (κ3) is 4.02. The number of carbonyl (C=O) groups is 1. The van der Waals surface area contributed by atoms with Gasteiger partial charge < -0.3 is 19.5 Å². The van der Waals surface area contributed by atoms with Gasteiger partial charge in [-0.25, -0.2) is 12.8 Å². The second-order valence-electron chi connectivity index (χ2n) is 5.84. The van der Waals surface area contributed by atoms with Gasteiger partial charge in [0.25, 0.3) is 0 Å². The summed E-state index contributed by atoms with van der Waals surface area (Å²) in [5.41, 5.74) is 0.436. The maximum Gasteiger partial charge on any atom is 0.247 e. The van der Waals surface area contributed by atoms with Crippen LogP contribution in [0.4, 0.5) is 10.1 Å². The first kappa shape index (κ1) is 19.9. The first-order valence-electron chi connectivity index (χ1n) is 8.38. The number of hydrogen-bond donors (Lipinski definition) is 1. The molecule has 3 rings (SSSR count). The number of likely N-dealkylation sites (N-methyl/N-ethyl adjacent to an activating group) is 1. The number of hydrogen-bond acceptors (Lipinski definition) is 6. The molecule has 1 aliphatic rings. The Morgan fingerprint density at radius 3 is 2.68 bits per heavy atom. The highest BCUT2D eigenvalue weighted by Gasteiger charge is 2.29. The number of methoxy groups -OCH3 is 1. The van der Waals surface area contributed by atoms with Crippen LogP contribution in [0, 0.1) is 5.82 Å². The number of anilines is 1. The molecular formula is C18H19FN2O6S. The van der Waals surface area contributed by atoms with Gasteiger partial charge >= 0.3 is 0 Å². The second kappa shape index (κ2) is 8.03. The van der Waals surface area contributed by atoms with Gasteiger partial charge in [-0.05, 0) is 30.3 Å². The quantitative estimate of drug-likeness (QED) is 0.752. The van der Waals surface area contributed by atoms with Crippen LogP contribution >= 0.6 is 0 Å². The Hall–Kier alpha value is -2.85. The van der Waals surface area contributed by atoms with Crippen LogP contribution in [-0.4, -0.2) is 45.6 Å². The van der Waals surface area contributed by atoms with Crippen molar-refractivity contribution in [3.8, 4) is 17.2 Å². The predicted molar refractivity (Wildman–Crippen MR) is 98.6 cm³/mol. The lowest BCUT2D eigenvalue weighted by atomic mass is 10.3. The third-order valence-corrected chi connectivity index (χ3v) is 6.01. The van der Waals surface area contributed by atoms with Gasteiger partial charge in [-0.15, -0.1) is 0 Å². The van der Waals surface area contributed by atoms with Gasteiger partial charge in [0, 0.05) is 18.3 Å². The number of halogens is 1. The van der Waals surface area contributed by atoms with Crippen LogP contribution in [0.2, 0.25) is 0 Å². The Bertz CT molecular complexity index is 996. The van der Waals surface area contributed by atoms with E-state index in [2.05, 4.69) is 5.32 Å². The van der Waals surface area contributed by atoms with Crippen molar-refractivity contribution in [3.05, 3.63) is 42.2 Å². The lowest BCUT2D eigenvalue weighted by molar-refractivity contribution is -0.116. The van der Waals surface area contributed by atoms with Gasteiger partial charge in [0.05, 0.1) is 13.7 Å². The van der Waals surface area contributed by atoms with Crippen molar-refractivity contribution in [1.82, 2.24) is 4.31 Å². The van der Waals surface area contributed by atoms with Gasteiger partial charge in [-0.2, -0.15) is 4.31 Å². The van der Waals surface area contributed by atoms with Crippen molar-refractivity contribution in [1.29, 1.82) is 0 Å². The number of fused-ring (bicyclic) bond motifs is 1. The summed E-state index contributed by atoms with van der Waals surface area (Å²) in [6.07, 6.45) is 0. The largest absolute Gasteiger partial charge is 0.495 e. The van der Waals surface area contributed by atoms with Crippen LogP contribution in [0.15, 0.2) is 41.3 Å². The van der Waals surface area contributed by atoms with E-state index in [1.165, 1.54) is 13.2 Å². The lowest BCUT2D eigenvalue weighted by Gasteiger charge is -2.21. The molecule has 0 saturated carbocycles. The first-order valence-corrected chi connectivity index (χ1v) is 9.82. The molecule has 8 nitrogen and oxygen atoms in total. The standard InChI is InChI=1S/C18H19FN2O6S/c1-3-21(28(23,24)17-8-12(19)4-6-15(17)25-2)10-18(22)20-13-5-7-14-16(9-13)27-11-26-14/h4-9H,3,10-11H2,1-2H3,(H,20,22). The summed E-state index contributed by atoms with van der Waals surface area (Å²) >= 11 is 0. The monoisotopic (exact) mass is 410 g/mol. The molecule has 28 heavy (non-hydrogen) atoms. The molecule has 2 aromatic rings. The van der Waals surface area contributed by atoms with Crippen LogP contribution in [-0.2, 0) is 14.8 Å². The summed E-state index contributed by atoms with van der Waals surface area (Å²) in [5, 5.41) is 2.61. The van der Waals surface area contributed by atoms with Crippen LogP contribution in [0.3, 0.4) is 0 Å². The fourth-order valence-corrected chi connectivity index (χ4v) is 4.27. The van der Waals surface area contributed by atoms with E-state index >= 15 is 0 Å². The van der Waals surface area contributed by atoms with Gasteiger partial charge in [0.15, 0.2) is 11.5 Å². The first-order chi connectivity index (χ1) is 13.3. The zero-order chi connectivity index (χ0) is 20.3. The molecule has 0 unspecified atom stereocenters. The van der Waals surface area contributed by atoms with Gasteiger partial charge in [-0.3, -0.25) is 4.79 Å². The van der Waals surface area contributed by atoms with Crippen molar-refractivity contribution in [2.45, 2.75) is 11.8 Å². The number of sulfonamides is 1. The Kier molecular flexibility index (Phi) is 5.71.